The first-order chi connectivity index (χ1) is 14.9. The number of halogens is 8. The number of Topliss-reactive ketones (excluding diaryl/α,β-unsaturated/α-hetero) is 1. The molecule has 0 saturated heterocycles. The number of hydrogen-bond donors (Lipinski definition) is 2. The van der Waals surface area contributed by atoms with E-state index in [4.69, 9.17) is 11.5 Å². The molecule has 0 spiro atoms. The van der Waals surface area contributed by atoms with E-state index >= 15 is 0 Å². The van der Waals surface area contributed by atoms with Gasteiger partial charge in [0.05, 0.1) is 11.1 Å². The van der Waals surface area contributed by atoms with Crippen LogP contribution in [0.5, 0.6) is 0 Å². The highest BCUT2D eigenvalue weighted by molar-refractivity contribution is 6.14. The van der Waals surface area contributed by atoms with Crippen LogP contribution in [0.25, 0.3) is 12.2 Å². The zero-order valence-corrected chi connectivity index (χ0v) is 16.2. The Kier molecular flexibility index (Phi) is 6.03. The van der Waals surface area contributed by atoms with Crippen LogP contribution in [0, 0.1) is 52.5 Å². The second kappa shape index (κ2) is 8.29. The molecule has 0 bridgehead atoms. The largest absolute Gasteiger partial charge is 0.394 e. The fourth-order valence-corrected chi connectivity index (χ4v) is 3.40. The van der Waals surface area contributed by atoms with Gasteiger partial charge in [-0.1, -0.05) is 6.92 Å². The Balaban J connectivity index is 2.16. The topological polar surface area (TPSA) is 69.1 Å². The average Bonchev–Trinajstić information content (AvgIpc) is 2.76. The number of hydrogen-bond acceptors (Lipinski definition) is 3. The van der Waals surface area contributed by atoms with E-state index in [1.54, 1.807) is 6.92 Å². The maximum atomic E-state index is 14.1. The quantitative estimate of drug-likeness (QED) is 0.271. The minimum Gasteiger partial charge on any atom is -0.394 e. The first kappa shape index (κ1) is 23.3. The molecule has 0 aromatic heterocycles. The molecule has 0 atom stereocenters. The van der Waals surface area contributed by atoms with Gasteiger partial charge in [0.2, 0.25) is 0 Å². The molecule has 32 heavy (non-hydrogen) atoms. The van der Waals surface area contributed by atoms with E-state index in [1.165, 1.54) is 0 Å². The summed E-state index contributed by atoms with van der Waals surface area (Å²) in [6, 6.07) is 0. The van der Waals surface area contributed by atoms with Gasteiger partial charge >= 0.3 is 0 Å². The molecule has 0 unspecified atom stereocenters. The molecule has 0 amide bonds. The molecular formula is C21H14F8N2O. The van der Waals surface area contributed by atoms with Gasteiger partial charge in [0.15, 0.2) is 52.3 Å². The SMILES string of the molecule is CC1C/C(=C\c2c(F)c(F)c(N)c(F)c2F)C(=O)/C(=C/c2c(F)c(F)c(N)c(F)c2F)C1. The predicted molar refractivity (Wildman–Crippen MR) is 101 cm³/mol. The smallest absolute Gasteiger partial charge is 0.185 e. The molecule has 0 heterocycles. The predicted octanol–water partition coefficient (Wildman–Crippen LogP) is 5.43. The maximum Gasteiger partial charge on any atom is 0.185 e. The summed E-state index contributed by atoms with van der Waals surface area (Å²) in [5, 5.41) is 0. The summed E-state index contributed by atoms with van der Waals surface area (Å²) < 4.78 is 111. The number of rotatable bonds is 2. The Hall–Kier alpha value is -3.37. The van der Waals surface area contributed by atoms with Crippen molar-refractivity contribution in [2.45, 2.75) is 19.8 Å². The van der Waals surface area contributed by atoms with Crippen LogP contribution in [-0.2, 0) is 4.79 Å². The van der Waals surface area contributed by atoms with Gasteiger partial charge in [0.25, 0.3) is 0 Å². The summed E-state index contributed by atoms with van der Waals surface area (Å²) in [5.74, 6) is -16.3. The van der Waals surface area contributed by atoms with Crippen molar-refractivity contribution >= 4 is 29.3 Å². The first-order valence-electron chi connectivity index (χ1n) is 9.05. The van der Waals surface area contributed by atoms with Gasteiger partial charge in [0.1, 0.15) is 11.4 Å². The van der Waals surface area contributed by atoms with E-state index in [0.29, 0.717) is 12.2 Å². The minimum absolute atomic E-state index is 0.113. The van der Waals surface area contributed by atoms with Gasteiger partial charge in [-0.15, -0.1) is 0 Å². The lowest BCUT2D eigenvalue weighted by atomic mass is 9.80. The van der Waals surface area contributed by atoms with Crippen LogP contribution in [-0.4, -0.2) is 5.78 Å². The molecule has 3 nitrogen and oxygen atoms in total. The lowest BCUT2D eigenvalue weighted by Crippen LogP contribution is -2.19. The molecule has 0 radical (unpaired) electrons. The highest BCUT2D eigenvalue weighted by Crippen LogP contribution is 2.36. The Labute approximate surface area is 176 Å². The van der Waals surface area contributed by atoms with E-state index in [9.17, 15) is 39.9 Å². The standard InChI is InChI=1S/C21H14F8N2O/c1-6-2-7(4-9-11(22)15(26)19(30)16(27)12(9)23)21(32)8(3-6)5-10-13(24)17(28)20(31)18(29)14(10)25/h4-6H,2-3,30-31H2,1H3/b7-4+,8-5+. The van der Waals surface area contributed by atoms with Crippen LogP contribution in [0.3, 0.4) is 0 Å². The van der Waals surface area contributed by atoms with Gasteiger partial charge in [-0.05, 0) is 30.9 Å². The van der Waals surface area contributed by atoms with E-state index < -0.39 is 80.7 Å². The van der Waals surface area contributed by atoms with E-state index in [0.717, 1.165) is 0 Å². The van der Waals surface area contributed by atoms with Crippen LogP contribution < -0.4 is 11.5 Å². The Morgan fingerprint density at radius 2 is 0.906 bits per heavy atom. The zero-order valence-electron chi connectivity index (χ0n) is 16.2. The molecule has 1 saturated carbocycles. The summed E-state index contributed by atoms with van der Waals surface area (Å²) in [6.45, 7) is 1.56. The van der Waals surface area contributed by atoms with Crippen LogP contribution in [0.1, 0.15) is 30.9 Å². The van der Waals surface area contributed by atoms with E-state index in [2.05, 4.69) is 0 Å². The second-order valence-corrected chi connectivity index (χ2v) is 7.35. The summed E-state index contributed by atoms with van der Waals surface area (Å²) in [5.41, 5.74) is 3.97. The normalized spacial score (nSPS) is 19.3. The summed E-state index contributed by atoms with van der Waals surface area (Å²) in [7, 11) is 0. The minimum atomic E-state index is -1.86. The highest BCUT2D eigenvalue weighted by Gasteiger charge is 2.30. The molecular weight excluding hydrogens is 448 g/mol. The third-order valence-electron chi connectivity index (χ3n) is 5.02. The van der Waals surface area contributed by atoms with Crippen molar-refractivity contribution in [2.24, 2.45) is 5.92 Å². The number of nitrogens with two attached hydrogens (primary N) is 2. The summed E-state index contributed by atoms with van der Waals surface area (Å²) in [4.78, 5) is 12.7. The van der Waals surface area contributed by atoms with Crippen molar-refractivity contribution in [3.8, 4) is 0 Å². The van der Waals surface area contributed by atoms with Crippen molar-refractivity contribution in [3.05, 3.63) is 68.8 Å². The number of carbonyl (C=O) groups is 1. The fourth-order valence-electron chi connectivity index (χ4n) is 3.40. The molecule has 1 aliphatic rings. The fraction of sp³-hybridized carbons (Fsp3) is 0.190. The molecule has 11 heteroatoms. The molecule has 2 aromatic carbocycles. The molecule has 1 fully saturated rings. The number of anilines is 2. The van der Waals surface area contributed by atoms with E-state index in [1.807, 2.05) is 0 Å². The first-order valence-corrected chi connectivity index (χ1v) is 9.05. The Morgan fingerprint density at radius 1 is 0.625 bits per heavy atom. The maximum absolute atomic E-state index is 14.1. The highest BCUT2D eigenvalue weighted by atomic mass is 19.2. The van der Waals surface area contributed by atoms with Gasteiger partial charge in [-0.3, -0.25) is 4.79 Å². The van der Waals surface area contributed by atoms with Crippen LogP contribution in [0.15, 0.2) is 11.1 Å². The lowest BCUT2D eigenvalue weighted by molar-refractivity contribution is -0.113. The van der Waals surface area contributed by atoms with Crippen molar-refractivity contribution in [3.63, 3.8) is 0 Å². The molecule has 0 aliphatic heterocycles. The molecule has 1 aliphatic carbocycles. The molecule has 2 aromatic rings. The van der Waals surface area contributed by atoms with E-state index in [-0.39, 0.29) is 24.0 Å². The van der Waals surface area contributed by atoms with Crippen molar-refractivity contribution in [2.75, 3.05) is 11.5 Å². The van der Waals surface area contributed by atoms with Gasteiger partial charge in [-0.2, -0.15) is 0 Å². The van der Waals surface area contributed by atoms with Crippen molar-refractivity contribution in [1.82, 2.24) is 0 Å². The monoisotopic (exact) mass is 462 g/mol. The lowest BCUT2D eigenvalue weighted by Gasteiger charge is -2.23. The zero-order chi connectivity index (χ0) is 24.1. The van der Waals surface area contributed by atoms with Gasteiger partial charge in [-0.25, -0.2) is 35.1 Å². The molecule has 3 rings (SSSR count). The number of allylic oxidation sites excluding steroid dienone is 2. The molecule has 4 N–H and O–H groups in total. The third kappa shape index (κ3) is 3.71. The summed E-state index contributed by atoms with van der Waals surface area (Å²) in [6.07, 6.45) is 0.883. The number of nitrogen functional groups attached to an aromatic ring is 2. The van der Waals surface area contributed by atoms with Crippen molar-refractivity contribution in [1.29, 1.82) is 0 Å². The number of ketones is 1. The third-order valence-corrected chi connectivity index (χ3v) is 5.02. The van der Waals surface area contributed by atoms with Crippen LogP contribution >= 0.6 is 0 Å². The Morgan fingerprint density at radius 3 is 1.19 bits per heavy atom. The summed E-state index contributed by atoms with van der Waals surface area (Å²) >= 11 is 0. The van der Waals surface area contributed by atoms with Crippen molar-refractivity contribution < 1.29 is 39.9 Å². The van der Waals surface area contributed by atoms with Gasteiger partial charge in [0, 0.05) is 11.1 Å². The second-order valence-electron chi connectivity index (χ2n) is 7.35. The van der Waals surface area contributed by atoms with Gasteiger partial charge < -0.3 is 11.5 Å². The molecule has 170 valence electrons. The number of carbonyl (C=O) groups excluding carboxylic acids is 1. The average molecular weight is 462 g/mol. The number of benzene rings is 2. The van der Waals surface area contributed by atoms with Crippen LogP contribution in [0.2, 0.25) is 0 Å². The Bertz CT molecular complexity index is 1070. The van der Waals surface area contributed by atoms with Crippen LogP contribution in [0.4, 0.5) is 46.5 Å².